The van der Waals surface area contributed by atoms with Gasteiger partial charge in [0.2, 0.25) is 21.8 Å². The highest BCUT2D eigenvalue weighted by atomic mass is 32.2. The van der Waals surface area contributed by atoms with Crippen LogP contribution in [0.15, 0.2) is 48.5 Å². The summed E-state index contributed by atoms with van der Waals surface area (Å²) < 4.78 is 31.1. The van der Waals surface area contributed by atoms with Crippen molar-refractivity contribution in [3.8, 4) is 5.75 Å². The SMILES string of the molecule is CNC(=O)[C@H](C)N(Cc1ccccc1C)C(=O)CCCN(c1ccc(OC)cc1)S(C)(=O)=O. The zero-order chi connectivity index (χ0) is 24.6. The largest absolute Gasteiger partial charge is 0.497 e. The molecule has 0 aromatic heterocycles. The minimum Gasteiger partial charge on any atom is -0.497 e. The minimum absolute atomic E-state index is 0.107. The Labute approximate surface area is 196 Å². The van der Waals surface area contributed by atoms with Crippen molar-refractivity contribution in [1.82, 2.24) is 10.2 Å². The Kier molecular flexibility index (Phi) is 9.28. The molecule has 0 spiro atoms. The van der Waals surface area contributed by atoms with Crippen LogP contribution in [0.2, 0.25) is 0 Å². The van der Waals surface area contributed by atoms with Crippen molar-refractivity contribution in [2.24, 2.45) is 0 Å². The monoisotopic (exact) mass is 475 g/mol. The van der Waals surface area contributed by atoms with E-state index in [-0.39, 0.29) is 24.8 Å². The molecule has 0 bridgehead atoms. The van der Waals surface area contributed by atoms with Crippen LogP contribution in [0.3, 0.4) is 0 Å². The van der Waals surface area contributed by atoms with Gasteiger partial charge in [-0.05, 0) is 55.7 Å². The van der Waals surface area contributed by atoms with Gasteiger partial charge < -0.3 is 15.0 Å². The lowest BCUT2D eigenvalue weighted by Crippen LogP contribution is -2.47. The van der Waals surface area contributed by atoms with Gasteiger partial charge in [-0.15, -0.1) is 0 Å². The molecule has 0 aliphatic rings. The number of carbonyl (C=O) groups is 2. The molecule has 0 saturated heterocycles. The first kappa shape index (κ1) is 26.2. The first-order valence-electron chi connectivity index (χ1n) is 10.8. The number of likely N-dealkylation sites (N-methyl/N-ethyl adjacent to an activating group) is 1. The molecule has 0 fully saturated rings. The molecule has 2 rings (SSSR count). The second-order valence-electron chi connectivity index (χ2n) is 7.88. The Bertz CT molecular complexity index is 1050. The average molecular weight is 476 g/mol. The molecule has 2 aromatic carbocycles. The third kappa shape index (κ3) is 7.21. The molecular weight excluding hydrogens is 442 g/mol. The molecule has 1 N–H and O–H groups in total. The Morgan fingerprint density at radius 3 is 2.27 bits per heavy atom. The summed E-state index contributed by atoms with van der Waals surface area (Å²) in [5.41, 5.74) is 2.49. The smallest absolute Gasteiger partial charge is 0.242 e. The van der Waals surface area contributed by atoms with E-state index in [9.17, 15) is 18.0 Å². The van der Waals surface area contributed by atoms with Crippen LogP contribution in [0.4, 0.5) is 5.69 Å². The molecule has 1 atom stereocenters. The van der Waals surface area contributed by atoms with E-state index in [0.717, 1.165) is 17.4 Å². The van der Waals surface area contributed by atoms with Crippen molar-refractivity contribution < 1.29 is 22.7 Å². The molecule has 180 valence electrons. The Morgan fingerprint density at radius 2 is 1.73 bits per heavy atom. The second-order valence-corrected chi connectivity index (χ2v) is 9.78. The fourth-order valence-corrected chi connectivity index (χ4v) is 4.48. The number of carbonyl (C=O) groups excluding carboxylic acids is 2. The average Bonchev–Trinajstić information content (AvgIpc) is 2.79. The van der Waals surface area contributed by atoms with E-state index in [2.05, 4.69) is 5.32 Å². The van der Waals surface area contributed by atoms with Crippen molar-refractivity contribution >= 4 is 27.5 Å². The molecule has 0 radical (unpaired) electrons. The number of methoxy groups -OCH3 is 1. The number of amides is 2. The lowest BCUT2D eigenvalue weighted by atomic mass is 10.1. The summed E-state index contributed by atoms with van der Waals surface area (Å²) in [5.74, 6) is 0.155. The fourth-order valence-electron chi connectivity index (χ4n) is 3.51. The summed E-state index contributed by atoms with van der Waals surface area (Å²) in [7, 11) is -0.465. The summed E-state index contributed by atoms with van der Waals surface area (Å²) in [6.45, 7) is 4.09. The number of rotatable bonds is 11. The lowest BCUT2D eigenvalue weighted by Gasteiger charge is -2.29. The van der Waals surface area contributed by atoms with Gasteiger partial charge in [0.1, 0.15) is 11.8 Å². The van der Waals surface area contributed by atoms with Crippen LogP contribution in [-0.4, -0.2) is 58.1 Å². The third-order valence-corrected chi connectivity index (χ3v) is 6.72. The van der Waals surface area contributed by atoms with Gasteiger partial charge in [-0.2, -0.15) is 0 Å². The molecule has 8 nitrogen and oxygen atoms in total. The summed E-state index contributed by atoms with van der Waals surface area (Å²) in [6, 6.07) is 13.8. The van der Waals surface area contributed by atoms with Gasteiger partial charge in [0, 0.05) is 26.6 Å². The topological polar surface area (TPSA) is 96.0 Å². The van der Waals surface area contributed by atoms with Crippen LogP contribution in [-0.2, 0) is 26.2 Å². The van der Waals surface area contributed by atoms with E-state index in [4.69, 9.17) is 4.74 Å². The van der Waals surface area contributed by atoms with Crippen LogP contribution in [0.5, 0.6) is 5.75 Å². The van der Waals surface area contributed by atoms with E-state index in [1.165, 1.54) is 18.5 Å². The van der Waals surface area contributed by atoms with Gasteiger partial charge in [0.15, 0.2) is 0 Å². The zero-order valence-corrected chi connectivity index (χ0v) is 20.7. The fraction of sp³-hybridized carbons (Fsp3) is 0.417. The Balaban J connectivity index is 2.14. The number of hydrogen-bond donors (Lipinski definition) is 1. The summed E-state index contributed by atoms with van der Waals surface area (Å²) in [4.78, 5) is 27.0. The van der Waals surface area contributed by atoms with Crippen molar-refractivity contribution in [3.63, 3.8) is 0 Å². The normalized spacial score (nSPS) is 12.0. The Morgan fingerprint density at radius 1 is 1.09 bits per heavy atom. The molecule has 2 amide bonds. The van der Waals surface area contributed by atoms with Crippen LogP contribution in [0, 0.1) is 6.92 Å². The van der Waals surface area contributed by atoms with Gasteiger partial charge in [0.25, 0.3) is 0 Å². The highest BCUT2D eigenvalue weighted by Crippen LogP contribution is 2.22. The molecule has 9 heteroatoms. The number of aryl methyl sites for hydroxylation is 1. The highest BCUT2D eigenvalue weighted by molar-refractivity contribution is 7.92. The van der Waals surface area contributed by atoms with E-state index >= 15 is 0 Å². The van der Waals surface area contributed by atoms with Crippen molar-refractivity contribution in [1.29, 1.82) is 0 Å². The first-order valence-corrected chi connectivity index (χ1v) is 12.6. The first-order chi connectivity index (χ1) is 15.6. The quantitative estimate of drug-likeness (QED) is 0.539. The van der Waals surface area contributed by atoms with E-state index in [0.29, 0.717) is 24.4 Å². The molecule has 0 aliphatic heterocycles. The molecule has 33 heavy (non-hydrogen) atoms. The van der Waals surface area contributed by atoms with Crippen LogP contribution < -0.4 is 14.4 Å². The minimum atomic E-state index is -3.54. The predicted octanol–water partition coefficient (Wildman–Crippen LogP) is 2.71. The molecule has 0 unspecified atom stereocenters. The van der Waals surface area contributed by atoms with E-state index in [1.807, 2.05) is 31.2 Å². The van der Waals surface area contributed by atoms with Gasteiger partial charge >= 0.3 is 0 Å². The highest BCUT2D eigenvalue weighted by Gasteiger charge is 2.26. The number of anilines is 1. The predicted molar refractivity (Wildman–Crippen MR) is 130 cm³/mol. The Hall–Kier alpha value is -3.07. The lowest BCUT2D eigenvalue weighted by molar-refractivity contribution is -0.140. The zero-order valence-electron chi connectivity index (χ0n) is 19.9. The number of nitrogens with zero attached hydrogens (tertiary/aromatic N) is 2. The number of nitrogens with one attached hydrogen (secondary N) is 1. The summed E-state index contributed by atoms with van der Waals surface area (Å²) in [5, 5.41) is 2.59. The number of ether oxygens (including phenoxy) is 1. The van der Waals surface area contributed by atoms with E-state index < -0.39 is 16.1 Å². The maximum atomic E-state index is 13.1. The standard InChI is InChI=1S/C24H33N3O5S/c1-18-9-6-7-10-20(18)17-26(19(2)24(29)25-3)23(28)11-8-16-27(33(5,30)31)21-12-14-22(32-4)15-13-21/h6-7,9-10,12-15,19H,8,11,16-17H2,1-5H3,(H,25,29)/t19-/m0/s1. The van der Waals surface area contributed by atoms with Gasteiger partial charge in [-0.3, -0.25) is 13.9 Å². The van der Waals surface area contributed by atoms with Crippen LogP contribution >= 0.6 is 0 Å². The van der Waals surface area contributed by atoms with Gasteiger partial charge in [-0.1, -0.05) is 24.3 Å². The van der Waals surface area contributed by atoms with Crippen LogP contribution in [0.25, 0.3) is 0 Å². The molecule has 0 aliphatic carbocycles. The molecule has 0 heterocycles. The van der Waals surface area contributed by atoms with E-state index in [1.54, 1.807) is 36.1 Å². The van der Waals surface area contributed by atoms with Gasteiger partial charge in [0.05, 0.1) is 19.1 Å². The molecule has 2 aromatic rings. The van der Waals surface area contributed by atoms with Crippen molar-refractivity contribution in [3.05, 3.63) is 59.7 Å². The van der Waals surface area contributed by atoms with Crippen LogP contribution in [0.1, 0.15) is 30.9 Å². The van der Waals surface area contributed by atoms with Crippen molar-refractivity contribution in [2.45, 2.75) is 39.3 Å². The van der Waals surface area contributed by atoms with Gasteiger partial charge in [-0.25, -0.2) is 8.42 Å². The number of hydrogen-bond acceptors (Lipinski definition) is 5. The van der Waals surface area contributed by atoms with Crippen molar-refractivity contribution in [2.75, 3.05) is 31.3 Å². The maximum absolute atomic E-state index is 13.1. The number of benzene rings is 2. The molecular formula is C24H33N3O5S. The summed E-state index contributed by atoms with van der Waals surface area (Å²) in [6.07, 6.45) is 1.55. The second kappa shape index (κ2) is 11.7. The maximum Gasteiger partial charge on any atom is 0.242 e. The number of sulfonamides is 1. The third-order valence-electron chi connectivity index (χ3n) is 5.53. The summed E-state index contributed by atoms with van der Waals surface area (Å²) >= 11 is 0. The molecule has 0 saturated carbocycles.